The van der Waals surface area contributed by atoms with Crippen LogP contribution in [0.2, 0.25) is 0 Å². The normalized spacial score (nSPS) is 12.5. The van der Waals surface area contributed by atoms with Gasteiger partial charge in [0, 0.05) is 17.1 Å². The van der Waals surface area contributed by atoms with Gasteiger partial charge in [-0.25, -0.2) is 4.39 Å². The summed E-state index contributed by atoms with van der Waals surface area (Å²) in [5.41, 5.74) is 1.73. The lowest BCUT2D eigenvalue weighted by atomic mass is 9.97. The van der Waals surface area contributed by atoms with E-state index in [-0.39, 0.29) is 5.56 Å². The molecule has 1 aromatic heterocycles. The predicted octanol–water partition coefficient (Wildman–Crippen LogP) is 3.46. The summed E-state index contributed by atoms with van der Waals surface area (Å²) < 4.78 is 13.8. The van der Waals surface area contributed by atoms with E-state index in [0.717, 1.165) is 10.9 Å². The van der Waals surface area contributed by atoms with E-state index in [9.17, 15) is 9.50 Å². The van der Waals surface area contributed by atoms with Crippen LogP contribution in [0.4, 0.5) is 4.39 Å². The Morgan fingerprint density at radius 2 is 1.68 bits per heavy atom. The molecule has 0 aliphatic heterocycles. The molecular formula is C16H12FNO. The fraction of sp³-hybridized carbons (Fsp3) is 0.0625. The maximum Gasteiger partial charge on any atom is 0.129 e. The Bertz CT molecular complexity index is 721. The highest BCUT2D eigenvalue weighted by molar-refractivity contribution is 5.82. The van der Waals surface area contributed by atoms with Gasteiger partial charge in [-0.2, -0.15) is 0 Å². The molecule has 1 unspecified atom stereocenters. The number of fused-ring (bicyclic) bond motifs is 1. The number of halogens is 1. The van der Waals surface area contributed by atoms with Crippen molar-refractivity contribution < 1.29 is 9.50 Å². The van der Waals surface area contributed by atoms with Crippen LogP contribution in [-0.4, -0.2) is 10.1 Å². The second kappa shape index (κ2) is 4.78. The van der Waals surface area contributed by atoms with Crippen molar-refractivity contribution in [1.29, 1.82) is 0 Å². The molecule has 2 nitrogen and oxygen atoms in total. The molecule has 94 valence electrons. The SMILES string of the molecule is OC(c1ccccc1F)c1cccc2ncccc12. The number of hydrogen-bond acceptors (Lipinski definition) is 2. The first-order valence-corrected chi connectivity index (χ1v) is 6.03. The number of aliphatic hydroxyl groups excluding tert-OH is 1. The third-order valence-corrected chi connectivity index (χ3v) is 3.17. The summed E-state index contributed by atoms with van der Waals surface area (Å²) in [7, 11) is 0. The quantitative estimate of drug-likeness (QED) is 0.758. The van der Waals surface area contributed by atoms with Crippen LogP contribution in [0.25, 0.3) is 10.9 Å². The molecule has 0 saturated carbocycles. The van der Waals surface area contributed by atoms with Crippen LogP contribution in [0.3, 0.4) is 0 Å². The second-order valence-electron chi connectivity index (χ2n) is 4.34. The molecule has 0 amide bonds. The maximum absolute atomic E-state index is 13.8. The number of aliphatic hydroxyl groups is 1. The molecule has 1 atom stereocenters. The zero-order valence-corrected chi connectivity index (χ0v) is 10.1. The Morgan fingerprint density at radius 3 is 2.53 bits per heavy atom. The minimum atomic E-state index is -0.992. The average Bonchev–Trinajstić information content (AvgIpc) is 2.46. The van der Waals surface area contributed by atoms with Crippen molar-refractivity contribution in [3.8, 4) is 0 Å². The molecule has 1 N–H and O–H groups in total. The van der Waals surface area contributed by atoms with Gasteiger partial charge >= 0.3 is 0 Å². The van der Waals surface area contributed by atoms with E-state index in [0.29, 0.717) is 5.56 Å². The molecule has 3 rings (SSSR count). The van der Waals surface area contributed by atoms with Gasteiger partial charge < -0.3 is 5.11 Å². The van der Waals surface area contributed by atoms with Gasteiger partial charge in [0.2, 0.25) is 0 Å². The molecule has 0 aliphatic carbocycles. The van der Waals surface area contributed by atoms with Gasteiger partial charge in [0.1, 0.15) is 11.9 Å². The lowest BCUT2D eigenvalue weighted by Crippen LogP contribution is -2.03. The summed E-state index contributed by atoms with van der Waals surface area (Å²) in [5, 5.41) is 11.2. The van der Waals surface area contributed by atoms with E-state index < -0.39 is 11.9 Å². The van der Waals surface area contributed by atoms with Gasteiger partial charge in [-0.15, -0.1) is 0 Å². The van der Waals surface area contributed by atoms with E-state index in [2.05, 4.69) is 4.98 Å². The van der Waals surface area contributed by atoms with Crippen molar-refractivity contribution >= 4 is 10.9 Å². The highest BCUT2D eigenvalue weighted by atomic mass is 19.1. The van der Waals surface area contributed by atoms with Crippen molar-refractivity contribution in [1.82, 2.24) is 4.98 Å². The predicted molar refractivity (Wildman–Crippen MR) is 72.2 cm³/mol. The lowest BCUT2D eigenvalue weighted by molar-refractivity contribution is 0.216. The molecule has 0 saturated heterocycles. The fourth-order valence-corrected chi connectivity index (χ4v) is 2.23. The maximum atomic E-state index is 13.8. The molecule has 3 heteroatoms. The first kappa shape index (κ1) is 11.8. The molecular weight excluding hydrogens is 241 g/mol. The molecule has 0 fully saturated rings. The van der Waals surface area contributed by atoms with Crippen molar-refractivity contribution in [3.63, 3.8) is 0 Å². The van der Waals surface area contributed by atoms with Gasteiger partial charge in [-0.05, 0) is 23.8 Å². The number of hydrogen-bond donors (Lipinski definition) is 1. The lowest BCUT2D eigenvalue weighted by Gasteiger charge is -2.14. The summed E-state index contributed by atoms with van der Waals surface area (Å²) in [5.74, 6) is -0.407. The fourth-order valence-electron chi connectivity index (χ4n) is 2.23. The van der Waals surface area contributed by atoms with Crippen LogP contribution in [0, 0.1) is 5.82 Å². The number of rotatable bonds is 2. The number of pyridine rings is 1. The monoisotopic (exact) mass is 253 g/mol. The molecule has 0 radical (unpaired) electrons. The number of benzene rings is 2. The standard InChI is InChI=1S/C16H12FNO/c17-14-8-2-1-5-13(14)16(19)12-6-3-9-15-11(12)7-4-10-18-15/h1-10,16,19H. The van der Waals surface area contributed by atoms with Gasteiger partial charge in [-0.3, -0.25) is 4.98 Å². The zero-order chi connectivity index (χ0) is 13.2. The summed E-state index contributed by atoms with van der Waals surface area (Å²) in [6, 6.07) is 15.4. The zero-order valence-electron chi connectivity index (χ0n) is 10.1. The van der Waals surface area contributed by atoms with E-state index in [1.165, 1.54) is 6.07 Å². The smallest absolute Gasteiger partial charge is 0.129 e. The van der Waals surface area contributed by atoms with E-state index >= 15 is 0 Å². The summed E-state index contributed by atoms with van der Waals surface area (Å²) in [6.07, 6.45) is 0.704. The highest BCUT2D eigenvalue weighted by Gasteiger charge is 2.16. The Balaban J connectivity index is 2.17. The van der Waals surface area contributed by atoms with Crippen molar-refractivity contribution in [2.45, 2.75) is 6.10 Å². The minimum absolute atomic E-state index is 0.277. The molecule has 0 spiro atoms. The molecule has 2 aromatic carbocycles. The van der Waals surface area contributed by atoms with Crippen molar-refractivity contribution in [2.24, 2.45) is 0 Å². The van der Waals surface area contributed by atoms with Crippen LogP contribution in [0.1, 0.15) is 17.2 Å². The summed E-state index contributed by atoms with van der Waals surface area (Å²) >= 11 is 0. The molecule has 1 heterocycles. The molecule has 0 bridgehead atoms. The van der Waals surface area contributed by atoms with Crippen LogP contribution >= 0.6 is 0 Å². The first-order chi connectivity index (χ1) is 9.27. The Labute approximate surface area is 110 Å². The molecule has 3 aromatic rings. The van der Waals surface area contributed by atoms with E-state index in [1.54, 1.807) is 36.5 Å². The van der Waals surface area contributed by atoms with E-state index in [4.69, 9.17) is 0 Å². The second-order valence-corrected chi connectivity index (χ2v) is 4.34. The largest absolute Gasteiger partial charge is 0.384 e. The number of aromatic nitrogens is 1. The van der Waals surface area contributed by atoms with Crippen LogP contribution in [-0.2, 0) is 0 Å². The van der Waals surface area contributed by atoms with Crippen LogP contribution in [0.15, 0.2) is 60.8 Å². The van der Waals surface area contributed by atoms with Crippen LogP contribution < -0.4 is 0 Å². The molecule has 19 heavy (non-hydrogen) atoms. The number of nitrogens with zero attached hydrogens (tertiary/aromatic N) is 1. The van der Waals surface area contributed by atoms with Crippen molar-refractivity contribution in [3.05, 3.63) is 77.7 Å². The van der Waals surface area contributed by atoms with Crippen LogP contribution in [0.5, 0.6) is 0 Å². The summed E-state index contributed by atoms with van der Waals surface area (Å²) in [4.78, 5) is 4.24. The summed E-state index contributed by atoms with van der Waals surface area (Å²) in [6.45, 7) is 0. The topological polar surface area (TPSA) is 33.1 Å². The Kier molecular flexibility index (Phi) is 2.97. The minimum Gasteiger partial charge on any atom is -0.384 e. The van der Waals surface area contributed by atoms with E-state index in [1.807, 2.05) is 18.2 Å². The van der Waals surface area contributed by atoms with Gasteiger partial charge in [0.15, 0.2) is 0 Å². The van der Waals surface area contributed by atoms with Gasteiger partial charge in [0.25, 0.3) is 0 Å². The Morgan fingerprint density at radius 1 is 0.895 bits per heavy atom. The van der Waals surface area contributed by atoms with Crippen molar-refractivity contribution in [2.75, 3.05) is 0 Å². The third kappa shape index (κ3) is 2.09. The van der Waals surface area contributed by atoms with Gasteiger partial charge in [0.05, 0.1) is 5.52 Å². The first-order valence-electron chi connectivity index (χ1n) is 6.03. The highest BCUT2D eigenvalue weighted by Crippen LogP contribution is 2.29. The van der Waals surface area contributed by atoms with Gasteiger partial charge in [-0.1, -0.05) is 36.4 Å². The molecule has 0 aliphatic rings. The average molecular weight is 253 g/mol. The third-order valence-electron chi connectivity index (χ3n) is 3.17. The Hall–Kier alpha value is -2.26.